The number of amides is 1. The fourth-order valence-corrected chi connectivity index (χ4v) is 2.37. The minimum absolute atomic E-state index is 0. The molecule has 3 N–H and O–H groups in total. The van der Waals surface area contributed by atoms with Gasteiger partial charge in [-0.25, -0.2) is 0 Å². The third-order valence-electron chi connectivity index (χ3n) is 3.76. The van der Waals surface area contributed by atoms with E-state index in [0.717, 1.165) is 30.8 Å². The van der Waals surface area contributed by atoms with E-state index < -0.39 is 17.8 Å². The van der Waals surface area contributed by atoms with Gasteiger partial charge >= 0.3 is 6.18 Å². The summed E-state index contributed by atoms with van der Waals surface area (Å²) in [7, 11) is 0. The van der Waals surface area contributed by atoms with E-state index in [9.17, 15) is 18.0 Å². The quantitative estimate of drug-likeness (QED) is 0.733. The monoisotopic (exact) mass is 403 g/mol. The van der Waals surface area contributed by atoms with Gasteiger partial charge in [-0.2, -0.15) is 13.2 Å². The van der Waals surface area contributed by atoms with Crippen molar-refractivity contribution >= 4 is 30.7 Å². The van der Waals surface area contributed by atoms with Crippen LogP contribution in [-0.4, -0.2) is 36.5 Å². The Kier molecular flexibility index (Phi) is 12.1. The van der Waals surface area contributed by atoms with Crippen LogP contribution >= 0.6 is 24.8 Å². The predicted octanol–water partition coefficient (Wildman–Crippen LogP) is 3.40. The number of rotatable bonds is 7. The van der Waals surface area contributed by atoms with Gasteiger partial charge in [0, 0.05) is 6.54 Å². The van der Waals surface area contributed by atoms with Crippen LogP contribution < -0.4 is 11.1 Å². The van der Waals surface area contributed by atoms with E-state index in [0.29, 0.717) is 6.54 Å². The van der Waals surface area contributed by atoms with Crippen molar-refractivity contribution in [2.75, 3.05) is 19.6 Å². The van der Waals surface area contributed by atoms with Crippen LogP contribution in [0.2, 0.25) is 0 Å². The molecule has 0 fully saturated rings. The Morgan fingerprint density at radius 2 is 1.64 bits per heavy atom. The third kappa shape index (κ3) is 7.81. The zero-order valence-corrected chi connectivity index (χ0v) is 16.1. The number of nitrogens with one attached hydrogen (secondary N) is 1. The smallest absolute Gasteiger partial charge is 0.353 e. The lowest BCUT2D eigenvalue weighted by molar-refractivity contribution is -0.137. The molecule has 2 atom stereocenters. The van der Waals surface area contributed by atoms with Crippen molar-refractivity contribution in [1.82, 2.24) is 10.2 Å². The molecule has 1 aromatic rings. The molecule has 9 heteroatoms. The van der Waals surface area contributed by atoms with Gasteiger partial charge in [-0.1, -0.05) is 26.0 Å². The number of nitrogens with zero attached hydrogens (tertiary/aromatic N) is 1. The van der Waals surface area contributed by atoms with Crippen molar-refractivity contribution in [2.45, 2.75) is 39.0 Å². The number of nitrogens with two attached hydrogens (primary N) is 1. The average Bonchev–Trinajstić information content (AvgIpc) is 2.50. The molecule has 0 heterocycles. The fraction of sp³-hybridized carbons (Fsp3) is 0.562. The molecule has 0 aliphatic heterocycles. The van der Waals surface area contributed by atoms with Gasteiger partial charge in [-0.15, -0.1) is 24.8 Å². The third-order valence-corrected chi connectivity index (χ3v) is 3.76. The summed E-state index contributed by atoms with van der Waals surface area (Å²) in [5, 5.41) is 2.75. The summed E-state index contributed by atoms with van der Waals surface area (Å²) < 4.78 is 38.0. The van der Waals surface area contributed by atoms with Gasteiger partial charge in [0.15, 0.2) is 0 Å². The van der Waals surface area contributed by atoms with Gasteiger partial charge in [-0.05, 0) is 37.7 Å². The van der Waals surface area contributed by atoms with Crippen LogP contribution in [0.4, 0.5) is 13.2 Å². The first-order chi connectivity index (χ1) is 10.7. The molecule has 1 amide bonds. The molecular formula is C16H26Cl2F3N3O. The zero-order valence-electron chi connectivity index (χ0n) is 14.5. The fourth-order valence-electron chi connectivity index (χ4n) is 2.37. The molecule has 0 aliphatic carbocycles. The van der Waals surface area contributed by atoms with Crippen molar-refractivity contribution < 1.29 is 18.0 Å². The lowest BCUT2D eigenvalue weighted by atomic mass is 10.0. The maximum atomic E-state index is 12.7. The van der Waals surface area contributed by atoms with Crippen LogP contribution in [0.1, 0.15) is 37.9 Å². The normalized spacial score (nSPS) is 13.4. The van der Waals surface area contributed by atoms with E-state index in [1.165, 1.54) is 12.1 Å². The van der Waals surface area contributed by atoms with Crippen LogP contribution in [-0.2, 0) is 11.0 Å². The van der Waals surface area contributed by atoms with E-state index >= 15 is 0 Å². The van der Waals surface area contributed by atoms with Gasteiger partial charge in [0.25, 0.3) is 0 Å². The summed E-state index contributed by atoms with van der Waals surface area (Å²) in [5.74, 6) is -0.283. The molecule has 0 saturated heterocycles. The second-order valence-electron chi connectivity index (χ2n) is 5.39. The highest BCUT2D eigenvalue weighted by atomic mass is 35.5. The van der Waals surface area contributed by atoms with Crippen LogP contribution in [0, 0.1) is 0 Å². The highest BCUT2D eigenvalue weighted by Gasteiger charge is 2.30. The van der Waals surface area contributed by atoms with Crippen molar-refractivity contribution in [3.8, 4) is 0 Å². The van der Waals surface area contributed by atoms with E-state index in [2.05, 4.69) is 10.2 Å². The number of alkyl halides is 3. The summed E-state index contributed by atoms with van der Waals surface area (Å²) in [4.78, 5) is 13.7. The molecule has 146 valence electrons. The Morgan fingerprint density at radius 1 is 1.16 bits per heavy atom. The first-order valence-corrected chi connectivity index (χ1v) is 7.65. The standard InChI is InChI=1S/C16H24F3N3O.2ClH/c1-4-22(5-2)14(10-21-15(23)11(3)20)12-6-8-13(9-7-12)16(17,18)19;;/h6-9,11,14H,4-5,10,20H2,1-3H3,(H,21,23);2*1H/t11-,14?;;/m1../s1. The number of halogens is 5. The first-order valence-electron chi connectivity index (χ1n) is 7.65. The Labute approximate surface area is 159 Å². The first kappa shape index (κ1) is 26.2. The van der Waals surface area contributed by atoms with Crippen molar-refractivity contribution in [2.24, 2.45) is 5.73 Å². The minimum Gasteiger partial charge on any atom is -0.353 e. The van der Waals surface area contributed by atoms with Crippen molar-refractivity contribution in [3.63, 3.8) is 0 Å². The van der Waals surface area contributed by atoms with Gasteiger partial charge in [0.1, 0.15) is 0 Å². The molecule has 0 saturated carbocycles. The topological polar surface area (TPSA) is 58.4 Å². The summed E-state index contributed by atoms with van der Waals surface area (Å²) >= 11 is 0. The molecule has 0 spiro atoms. The summed E-state index contributed by atoms with van der Waals surface area (Å²) in [6.07, 6.45) is -4.35. The molecule has 1 aromatic carbocycles. The lowest BCUT2D eigenvalue weighted by Crippen LogP contribution is -2.43. The van der Waals surface area contributed by atoms with Crippen molar-refractivity contribution in [3.05, 3.63) is 35.4 Å². The van der Waals surface area contributed by atoms with E-state index in [-0.39, 0.29) is 36.8 Å². The number of likely N-dealkylation sites (N-methyl/N-ethyl adjacent to an activating group) is 1. The maximum absolute atomic E-state index is 12.7. The Balaban J connectivity index is 0. The van der Waals surface area contributed by atoms with E-state index in [4.69, 9.17) is 5.73 Å². The van der Waals surface area contributed by atoms with Gasteiger partial charge < -0.3 is 11.1 Å². The number of benzene rings is 1. The molecule has 1 rings (SSSR count). The average molecular weight is 404 g/mol. The maximum Gasteiger partial charge on any atom is 0.416 e. The van der Waals surface area contributed by atoms with Gasteiger partial charge in [0.05, 0.1) is 17.6 Å². The highest BCUT2D eigenvalue weighted by molar-refractivity contribution is 5.85. The Morgan fingerprint density at radius 3 is 2.00 bits per heavy atom. The molecule has 0 aromatic heterocycles. The second-order valence-corrected chi connectivity index (χ2v) is 5.39. The molecule has 0 radical (unpaired) electrons. The molecule has 4 nitrogen and oxygen atoms in total. The molecule has 25 heavy (non-hydrogen) atoms. The Hall–Kier alpha value is -1.02. The number of hydrogen-bond donors (Lipinski definition) is 2. The molecular weight excluding hydrogens is 378 g/mol. The van der Waals surface area contributed by atoms with E-state index in [1.54, 1.807) is 6.92 Å². The molecule has 1 unspecified atom stereocenters. The number of hydrogen-bond acceptors (Lipinski definition) is 3. The van der Waals surface area contributed by atoms with Gasteiger partial charge in [-0.3, -0.25) is 9.69 Å². The molecule has 0 aliphatic rings. The van der Waals surface area contributed by atoms with Crippen LogP contribution in [0.3, 0.4) is 0 Å². The van der Waals surface area contributed by atoms with Crippen LogP contribution in [0.5, 0.6) is 0 Å². The number of carbonyl (C=O) groups is 1. The predicted molar refractivity (Wildman–Crippen MR) is 98.3 cm³/mol. The number of carbonyl (C=O) groups excluding carboxylic acids is 1. The highest BCUT2D eigenvalue weighted by Crippen LogP contribution is 2.30. The van der Waals surface area contributed by atoms with Crippen LogP contribution in [0.25, 0.3) is 0 Å². The summed E-state index contributed by atoms with van der Waals surface area (Å²) in [6, 6.07) is 4.24. The molecule has 0 bridgehead atoms. The second kappa shape index (κ2) is 11.6. The summed E-state index contributed by atoms with van der Waals surface area (Å²) in [6.45, 7) is 7.25. The van der Waals surface area contributed by atoms with E-state index in [1.807, 2.05) is 13.8 Å². The zero-order chi connectivity index (χ0) is 17.6. The van der Waals surface area contributed by atoms with Crippen molar-refractivity contribution in [1.29, 1.82) is 0 Å². The van der Waals surface area contributed by atoms with Gasteiger partial charge in [0.2, 0.25) is 5.91 Å². The largest absolute Gasteiger partial charge is 0.416 e. The summed E-state index contributed by atoms with van der Waals surface area (Å²) in [5.41, 5.74) is 5.57. The van der Waals surface area contributed by atoms with Crippen LogP contribution in [0.15, 0.2) is 24.3 Å². The minimum atomic E-state index is -4.35. The Bertz CT molecular complexity index is 506. The SMILES string of the molecule is CCN(CC)C(CNC(=O)[C@@H](C)N)c1ccc(C(F)(F)F)cc1.Cl.Cl. The lowest BCUT2D eigenvalue weighted by Gasteiger charge is -2.30.